The van der Waals surface area contributed by atoms with Gasteiger partial charge in [-0.3, -0.25) is 0 Å². The first-order valence-electron chi connectivity index (χ1n) is 6.36. The standard InChI is InChI=1S/C13H24N2S/c1-5-11(6-2)9-14-12(7-3)13-15-8-10(4)16-13/h8,11-12,14H,5-7,9H2,1-4H3. The molecular weight excluding hydrogens is 216 g/mol. The average Bonchev–Trinajstić information content (AvgIpc) is 2.71. The number of hydrogen-bond acceptors (Lipinski definition) is 3. The summed E-state index contributed by atoms with van der Waals surface area (Å²) in [7, 11) is 0. The quantitative estimate of drug-likeness (QED) is 0.781. The van der Waals surface area contributed by atoms with Gasteiger partial charge in [0, 0.05) is 11.1 Å². The Morgan fingerprint density at radius 3 is 2.38 bits per heavy atom. The molecule has 1 aromatic heterocycles. The fraction of sp³-hybridized carbons (Fsp3) is 0.769. The number of rotatable bonds is 7. The Balaban J connectivity index is 2.49. The first-order valence-corrected chi connectivity index (χ1v) is 7.18. The Bertz CT molecular complexity index is 292. The zero-order valence-corrected chi connectivity index (χ0v) is 11.7. The molecule has 1 heterocycles. The third kappa shape index (κ3) is 3.87. The lowest BCUT2D eigenvalue weighted by molar-refractivity contribution is 0.405. The SMILES string of the molecule is CCC(CC)CNC(CC)c1ncc(C)s1. The van der Waals surface area contributed by atoms with Crippen LogP contribution in [0.4, 0.5) is 0 Å². The van der Waals surface area contributed by atoms with Gasteiger partial charge in [0.05, 0.1) is 6.04 Å². The van der Waals surface area contributed by atoms with Gasteiger partial charge < -0.3 is 5.32 Å². The van der Waals surface area contributed by atoms with Gasteiger partial charge in [-0.25, -0.2) is 4.98 Å². The lowest BCUT2D eigenvalue weighted by Gasteiger charge is -2.19. The molecular formula is C13H24N2S. The van der Waals surface area contributed by atoms with E-state index < -0.39 is 0 Å². The van der Waals surface area contributed by atoms with Gasteiger partial charge in [-0.05, 0) is 25.8 Å². The smallest absolute Gasteiger partial charge is 0.110 e. The third-order valence-corrected chi connectivity index (χ3v) is 4.18. The van der Waals surface area contributed by atoms with E-state index in [1.807, 2.05) is 17.5 Å². The van der Waals surface area contributed by atoms with E-state index in [0.717, 1.165) is 18.9 Å². The molecule has 0 radical (unpaired) electrons. The highest BCUT2D eigenvalue weighted by molar-refractivity contribution is 7.11. The first kappa shape index (κ1) is 13.7. The number of nitrogens with zero attached hydrogens (tertiary/aromatic N) is 1. The monoisotopic (exact) mass is 240 g/mol. The van der Waals surface area contributed by atoms with Crippen LogP contribution >= 0.6 is 11.3 Å². The molecule has 0 saturated heterocycles. The van der Waals surface area contributed by atoms with Gasteiger partial charge >= 0.3 is 0 Å². The molecule has 1 unspecified atom stereocenters. The van der Waals surface area contributed by atoms with Gasteiger partial charge in [0.2, 0.25) is 0 Å². The van der Waals surface area contributed by atoms with E-state index in [4.69, 9.17) is 0 Å². The van der Waals surface area contributed by atoms with Crippen LogP contribution in [-0.2, 0) is 0 Å². The highest BCUT2D eigenvalue weighted by Gasteiger charge is 2.13. The van der Waals surface area contributed by atoms with Gasteiger partial charge in [-0.1, -0.05) is 33.6 Å². The molecule has 2 nitrogen and oxygen atoms in total. The van der Waals surface area contributed by atoms with Crippen LogP contribution in [0.2, 0.25) is 0 Å². The molecule has 1 atom stereocenters. The molecule has 92 valence electrons. The maximum Gasteiger partial charge on any atom is 0.110 e. The predicted octanol–water partition coefficient (Wildman–Crippen LogP) is 3.93. The summed E-state index contributed by atoms with van der Waals surface area (Å²) < 4.78 is 0. The summed E-state index contributed by atoms with van der Waals surface area (Å²) in [5, 5.41) is 4.89. The average molecular weight is 240 g/mol. The highest BCUT2D eigenvalue weighted by Crippen LogP contribution is 2.22. The molecule has 0 aliphatic heterocycles. The zero-order chi connectivity index (χ0) is 12.0. The van der Waals surface area contributed by atoms with Gasteiger partial charge in [-0.15, -0.1) is 11.3 Å². The summed E-state index contributed by atoms with van der Waals surface area (Å²) in [4.78, 5) is 5.78. The van der Waals surface area contributed by atoms with Crippen LogP contribution in [0, 0.1) is 12.8 Å². The summed E-state index contributed by atoms with van der Waals surface area (Å²) in [6.45, 7) is 9.99. The maximum absolute atomic E-state index is 4.47. The Morgan fingerprint density at radius 2 is 1.94 bits per heavy atom. The van der Waals surface area contributed by atoms with Crippen molar-refractivity contribution in [3.05, 3.63) is 16.1 Å². The number of aromatic nitrogens is 1. The van der Waals surface area contributed by atoms with Crippen molar-refractivity contribution in [1.29, 1.82) is 0 Å². The molecule has 1 rings (SSSR count). The minimum atomic E-state index is 0.444. The Hall–Kier alpha value is -0.410. The normalized spacial score (nSPS) is 13.3. The van der Waals surface area contributed by atoms with Crippen LogP contribution in [0.5, 0.6) is 0 Å². The van der Waals surface area contributed by atoms with Crippen molar-refractivity contribution in [1.82, 2.24) is 10.3 Å². The van der Waals surface area contributed by atoms with Crippen LogP contribution < -0.4 is 5.32 Å². The number of hydrogen-bond donors (Lipinski definition) is 1. The fourth-order valence-corrected chi connectivity index (χ4v) is 2.76. The molecule has 0 fully saturated rings. The summed E-state index contributed by atoms with van der Waals surface area (Å²) in [6.07, 6.45) is 5.61. The summed E-state index contributed by atoms with van der Waals surface area (Å²) >= 11 is 1.81. The van der Waals surface area contributed by atoms with Crippen LogP contribution in [0.25, 0.3) is 0 Å². The second-order valence-corrected chi connectivity index (χ2v) is 5.63. The van der Waals surface area contributed by atoms with Crippen molar-refractivity contribution in [3.63, 3.8) is 0 Å². The van der Waals surface area contributed by atoms with E-state index in [0.29, 0.717) is 6.04 Å². The van der Waals surface area contributed by atoms with Crippen molar-refractivity contribution >= 4 is 11.3 Å². The second kappa shape index (κ2) is 7.02. The van der Waals surface area contributed by atoms with E-state index in [1.165, 1.54) is 22.7 Å². The maximum atomic E-state index is 4.47. The fourth-order valence-electron chi connectivity index (χ4n) is 1.83. The number of thiazole rings is 1. The molecule has 0 saturated carbocycles. The van der Waals surface area contributed by atoms with E-state index in [9.17, 15) is 0 Å². The first-order chi connectivity index (χ1) is 7.71. The molecule has 16 heavy (non-hydrogen) atoms. The summed E-state index contributed by atoms with van der Waals surface area (Å²) in [5.41, 5.74) is 0. The molecule has 1 N–H and O–H groups in total. The van der Waals surface area contributed by atoms with E-state index in [2.05, 4.69) is 38.0 Å². The number of nitrogens with one attached hydrogen (secondary N) is 1. The van der Waals surface area contributed by atoms with E-state index >= 15 is 0 Å². The zero-order valence-electron chi connectivity index (χ0n) is 10.9. The van der Waals surface area contributed by atoms with Crippen LogP contribution in [0.3, 0.4) is 0 Å². The van der Waals surface area contributed by atoms with Crippen molar-refractivity contribution in [2.45, 2.75) is 53.0 Å². The minimum Gasteiger partial charge on any atom is -0.308 e. The van der Waals surface area contributed by atoms with Crippen LogP contribution in [0.15, 0.2) is 6.20 Å². The van der Waals surface area contributed by atoms with Crippen molar-refractivity contribution in [2.24, 2.45) is 5.92 Å². The molecule has 0 spiro atoms. The summed E-state index contributed by atoms with van der Waals surface area (Å²) in [5.74, 6) is 0.801. The topological polar surface area (TPSA) is 24.9 Å². The summed E-state index contributed by atoms with van der Waals surface area (Å²) in [6, 6.07) is 0.444. The lowest BCUT2D eigenvalue weighted by Crippen LogP contribution is -2.26. The van der Waals surface area contributed by atoms with Crippen LogP contribution in [0.1, 0.15) is 56.0 Å². The van der Waals surface area contributed by atoms with Crippen LogP contribution in [-0.4, -0.2) is 11.5 Å². The molecule has 0 aliphatic rings. The Labute approximate surface area is 103 Å². The van der Waals surface area contributed by atoms with Gasteiger partial charge in [0.25, 0.3) is 0 Å². The second-order valence-electron chi connectivity index (χ2n) is 4.36. The molecule has 0 aromatic carbocycles. The third-order valence-electron chi connectivity index (χ3n) is 3.15. The lowest BCUT2D eigenvalue weighted by atomic mass is 10.0. The van der Waals surface area contributed by atoms with Crippen molar-refractivity contribution < 1.29 is 0 Å². The van der Waals surface area contributed by atoms with Gasteiger partial charge in [-0.2, -0.15) is 0 Å². The molecule has 0 aliphatic carbocycles. The van der Waals surface area contributed by atoms with Gasteiger partial charge in [0.1, 0.15) is 5.01 Å². The molecule has 0 amide bonds. The largest absolute Gasteiger partial charge is 0.308 e. The molecule has 0 bridgehead atoms. The van der Waals surface area contributed by atoms with Crippen molar-refractivity contribution in [2.75, 3.05) is 6.54 Å². The predicted molar refractivity (Wildman–Crippen MR) is 72.0 cm³/mol. The molecule has 1 aromatic rings. The van der Waals surface area contributed by atoms with E-state index in [1.54, 1.807) is 0 Å². The number of aryl methyl sites for hydroxylation is 1. The Kier molecular flexibility index (Phi) is 5.99. The van der Waals surface area contributed by atoms with Crippen molar-refractivity contribution in [3.8, 4) is 0 Å². The van der Waals surface area contributed by atoms with E-state index in [-0.39, 0.29) is 0 Å². The molecule has 3 heteroatoms. The van der Waals surface area contributed by atoms with Gasteiger partial charge in [0.15, 0.2) is 0 Å². The highest BCUT2D eigenvalue weighted by atomic mass is 32.1. The minimum absolute atomic E-state index is 0.444. The Morgan fingerprint density at radius 1 is 1.25 bits per heavy atom.